The van der Waals surface area contributed by atoms with E-state index in [0.717, 1.165) is 0 Å². The summed E-state index contributed by atoms with van der Waals surface area (Å²) in [6.45, 7) is 7.22. The zero-order valence-corrected chi connectivity index (χ0v) is 17.5. The van der Waals surface area contributed by atoms with Gasteiger partial charge in [-0.2, -0.15) is 0 Å². The molecule has 0 fully saturated rings. The van der Waals surface area contributed by atoms with Crippen LogP contribution in [0.4, 0.5) is 4.79 Å². The van der Waals surface area contributed by atoms with Gasteiger partial charge in [-0.25, -0.2) is 4.79 Å². The number of halogens is 1. The van der Waals surface area contributed by atoms with Crippen LogP contribution in [0.5, 0.6) is 0 Å². The third-order valence-corrected chi connectivity index (χ3v) is 4.73. The summed E-state index contributed by atoms with van der Waals surface area (Å²) in [6.07, 6.45) is -0.428. The van der Waals surface area contributed by atoms with E-state index < -0.39 is 6.09 Å². The summed E-state index contributed by atoms with van der Waals surface area (Å²) in [4.78, 5) is 12.3. The molecule has 0 bridgehead atoms. The highest BCUT2D eigenvalue weighted by molar-refractivity contribution is 5.79. The molecule has 6 heteroatoms. The molecule has 0 unspecified atom stereocenters. The Morgan fingerprint density at radius 2 is 1.61 bits per heavy atom. The number of hydrogen-bond donors (Lipinski definition) is 2. The maximum atomic E-state index is 12.3. The molecule has 0 aliphatic heterocycles. The Balaban J connectivity index is 0.00000280. The zero-order valence-electron chi connectivity index (χ0n) is 16.7. The van der Waals surface area contributed by atoms with Gasteiger partial charge in [-0.3, -0.25) is 0 Å². The third-order valence-electron chi connectivity index (χ3n) is 4.73. The third kappa shape index (κ3) is 5.25. The first-order valence-corrected chi connectivity index (χ1v) is 9.44. The van der Waals surface area contributed by atoms with Gasteiger partial charge in [0, 0.05) is 5.92 Å². The number of amides is 1. The molecule has 1 aliphatic carbocycles. The van der Waals surface area contributed by atoms with Crippen LogP contribution in [-0.2, 0) is 9.47 Å². The molecule has 0 saturated carbocycles. The van der Waals surface area contributed by atoms with E-state index in [9.17, 15) is 4.79 Å². The van der Waals surface area contributed by atoms with Crippen LogP contribution in [0, 0.1) is 0 Å². The summed E-state index contributed by atoms with van der Waals surface area (Å²) in [5, 5.41) is 2.86. The van der Waals surface area contributed by atoms with Crippen LogP contribution in [0.25, 0.3) is 11.1 Å². The van der Waals surface area contributed by atoms with Crippen molar-refractivity contribution >= 4 is 6.09 Å². The van der Waals surface area contributed by atoms with E-state index in [2.05, 4.69) is 35.3 Å². The molecule has 0 saturated heterocycles. The van der Waals surface area contributed by atoms with E-state index in [1.807, 2.05) is 45.0 Å². The van der Waals surface area contributed by atoms with Gasteiger partial charge in [0.25, 0.3) is 0 Å². The van der Waals surface area contributed by atoms with Gasteiger partial charge in [0.2, 0.25) is 0 Å². The number of hydrogen-bond acceptors (Lipinski definition) is 3. The van der Waals surface area contributed by atoms with E-state index in [0.29, 0.717) is 19.8 Å². The lowest BCUT2D eigenvalue weighted by atomic mass is 9.98. The van der Waals surface area contributed by atoms with Crippen LogP contribution in [-0.4, -0.2) is 37.5 Å². The molecule has 1 amide bonds. The van der Waals surface area contributed by atoms with Crippen molar-refractivity contribution in [3.63, 3.8) is 0 Å². The van der Waals surface area contributed by atoms with Gasteiger partial charge in [0.15, 0.2) is 0 Å². The smallest absolute Gasteiger partial charge is 0.407 e. The minimum absolute atomic E-state index is 0. The van der Waals surface area contributed by atoms with Gasteiger partial charge >= 0.3 is 6.09 Å². The summed E-state index contributed by atoms with van der Waals surface area (Å²) in [5.74, 6) is 0.0622. The first kappa shape index (κ1) is 22.2. The Morgan fingerprint density at radius 1 is 1.07 bits per heavy atom. The Labute approximate surface area is 173 Å². The summed E-state index contributed by atoms with van der Waals surface area (Å²) < 4.78 is 11.3. The predicted octanol–water partition coefficient (Wildman–Crippen LogP) is -0.0453. The van der Waals surface area contributed by atoms with Crippen molar-refractivity contribution in [1.82, 2.24) is 5.32 Å². The molecule has 3 rings (SSSR count). The molecule has 2 aromatic rings. The average molecular weight is 405 g/mol. The van der Waals surface area contributed by atoms with Crippen LogP contribution in [0.2, 0.25) is 0 Å². The molecular formula is C22H29ClN2O3. The molecule has 1 atom stereocenters. The molecule has 5 nitrogen and oxygen atoms in total. The van der Waals surface area contributed by atoms with Gasteiger partial charge in [0.05, 0.1) is 18.8 Å². The molecule has 0 radical (unpaired) electrons. The number of nitrogens with one attached hydrogen (secondary N) is 1. The van der Waals surface area contributed by atoms with E-state index in [1.165, 1.54) is 22.3 Å². The fraction of sp³-hybridized carbons (Fsp3) is 0.409. The Hall–Kier alpha value is -2.08. The number of rotatable bonds is 6. The highest BCUT2D eigenvalue weighted by atomic mass is 35.5. The minimum Gasteiger partial charge on any atom is -1.00 e. The van der Waals surface area contributed by atoms with Gasteiger partial charge in [-0.05, 0) is 43.0 Å². The van der Waals surface area contributed by atoms with Gasteiger partial charge in [0.1, 0.15) is 12.6 Å². The van der Waals surface area contributed by atoms with Gasteiger partial charge < -0.3 is 32.9 Å². The number of carbonyl (C=O) groups is 1. The summed E-state index contributed by atoms with van der Waals surface area (Å²) in [5.41, 5.74) is 8.48. The Kier molecular flexibility index (Phi) is 7.47. The second kappa shape index (κ2) is 9.41. The number of quaternary nitrogens is 1. The van der Waals surface area contributed by atoms with E-state index >= 15 is 0 Å². The highest BCUT2D eigenvalue weighted by Gasteiger charge is 2.29. The number of benzene rings is 2. The second-order valence-corrected chi connectivity index (χ2v) is 7.88. The molecule has 1 aliphatic rings. The van der Waals surface area contributed by atoms with Crippen LogP contribution in [0.3, 0.4) is 0 Å². The molecular weight excluding hydrogens is 376 g/mol. The standard InChI is InChI=1S/C22H28N2O3.ClH/c1-22(2,3)27-13-15(12-23)24-21(25)26-14-20-18-10-6-4-8-16(18)17-9-5-7-11-19(17)20;/h4-11,15,20H,12-14,23H2,1-3H3,(H,24,25);1H/t15-;/m1./s1. The summed E-state index contributed by atoms with van der Waals surface area (Å²) in [7, 11) is 0. The number of ether oxygens (including phenoxy) is 2. The van der Waals surface area contributed by atoms with E-state index in [-0.39, 0.29) is 30.0 Å². The maximum absolute atomic E-state index is 12.3. The quantitative estimate of drug-likeness (QED) is 0.709. The normalized spacial score (nSPS) is 13.9. The van der Waals surface area contributed by atoms with Crippen LogP contribution < -0.4 is 23.5 Å². The topological polar surface area (TPSA) is 75.2 Å². The van der Waals surface area contributed by atoms with Crippen molar-refractivity contribution in [2.45, 2.75) is 38.3 Å². The fourth-order valence-corrected chi connectivity index (χ4v) is 3.35. The molecule has 4 N–H and O–H groups in total. The molecule has 0 aromatic heterocycles. The van der Waals surface area contributed by atoms with Crippen molar-refractivity contribution in [2.75, 3.05) is 19.8 Å². The van der Waals surface area contributed by atoms with Crippen molar-refractivity contribution in [3.8, 4) is 11.1 Å². The van der Waals surface area contributed by atoms with Gasteiger partial charge in [-0.1, -0.05) is 48.5 Å². The van der Waals surface area contributed by atoms with Crippen molar-refractivity contribution in [1.29, 1.82) is 0 Å². The zero-order chi connectivity index (χ0) is 19.4. The van der Waals surface area contributed by atoms with Crippen LogP contribution in [0.1, 0.15) is 37.8 Å². The fourth-order valence-electron chi connectivity index (χ4n) is 3.35. The Morgan fingerprint density at radius 3 is 2.11 bits per heavy atom. The lowest BCUT2D eigenvalue weighted by molar-refractivity contribution is -0.374. The summed E-state index contributed by atoms with van der Waals surface area (Å²) >= 11 is 0. The second-order valence-electron chi connectivity index (χ2n) is 7.88. The van der Waals surface area contributed by atoms with Crippen LogP contribution in [0.15, 0.2) is 48.5 Å². The monoisotopic (exact) mass is 404 g/mol. The molecule has 2 aromatic carbocycles. The van der Waals surface area contributed by atoms with Crippen LogP contribution >= 0.6 is 0 Å². The van der Waals surface area contributed by atoms with E-state index in [4.69, 9.17) is 9.47 Å². The SMILES string of the molecule is CC(C)(C)OC[C@@H](C[NH3+])NC(=O)OCC1c2ccccc2-c2ccccc21.[Cl-]. The minimum atomic E-state index is -0.428. The molecule has 0 spiro atoms. The van der Waals surface area contributed by atoms with Crippen molar-refractivity contribution < 1.29 is 32.4 Å². The van der Waals surface area contributed by atoms with E-state index in [1.54, 1.807) is 0 Å². The molecule has 28 heavy (non-hydrogen) atoms. The largest absolute Gasteiger partial charge is 1.00 e. The number of fused-ring (bicyclic) bond motifs is 3. The van der Waals surface area contributed by atoms with Crippen molar-refractivity contribution in [3.05, 3.63) is 59.7 Å². The lowest BCUT2D eigenvalue weighted by Gasteiger charge is -2.23. The molecule has 0 heterocycles. The Bertz CT molecular complexity index is 759. The maximum Gasteiger partial charge on any atom is 0.407 e. The highest BCUT2D eigenvalue weighted by Crippen LogP contribution is 2.44. The van der Waals surface area contributed by atoms with Crippen molar-refractivity contribution in [2.24, 2.45) is 0 Å². The van der Waals surface area contributed by atoms with Gasteiger partial charge in [-0.15, -0.1) is 0 Å². The number of alkyl carbamates (subject to hydrolysis) is 1. The summed E-state index contributed by atoms with van der Waals surface area (Å²) in [6, 6.07) is 16.4. The first-order chi connectivity index (χ1) is 12.9. The predicted molar refractivity (Wildman–Crippen MR) is 105 cm³/mol. The lowest BCUT2D eigenvalue weighted by Crippen LogP contribution is -3.00. The molecule has 152 valence electrons. The average Bonchev–Trinajstić information content (AvgIpc) is 2.97. The first-order valence-electron chi connectivity index (χ1n) is 9.44. The number of carbonyl (C=O) groups excluding carboxylic acids is 1.